The van der Waals surface area contributed by atoms with E-state index in [0.29, 0.717) is 28.5 Å². The van der Waals surface area contributed by atoms with E-state index in [2.05, 4.69) is 11.2 Å². The molecule has 0 saturated carbocycles. The quantitative estimate of drug-likeness (QED) is 0.453. The number of hydrogen-bond acceptors (Lipinski definition) is 5. The Morgan fingerprint density at radius 3 is 2.75 bits per heavy atom. The van der Waals surface area contributed by atoms with E-state index in [9.17, 15) is 9.59 Å². The minimum atomic E-state index is -0.207. The van der Waals surface area contributed by atoms with E-state index in [0.717, 1.165) is 23.4 Å². The third kappa shape index (κ3) is 2.90. The van der Waals surface area contributed by atoms with E-state index in [1.165, 1.54) is 17.3 Å². The van der Waals surface area contributed by atoms with Crippen molar-refractivity contribution in [2.24, 2.45) is 0 Å². The van der Waals surface area contributed by atoms with Crippen molar-refractivity contribution in [2.45, 2.75) is 31.0 Å². The van der Waals surface area contributed by atoms with Crippen LogP contribution in [0, 0.1) is 6.92 Å². The summed E-state index contributed by atoms with van der Waals surface area (Å²) in [6.45, 7) is 2.70. The fourth-order valence-electron chi connectivity index (χ4n) is 4.67. The van der Waals surface area contributed by atoms with Crippen molar-refractivity contribution in [3.63, 3.8) is 0 Å². The maximum absolute atomic E-state index is 13.4. The van der Waals surface area contributed by atoms with E-state index in [4.69, 9.17) is 4.98 Å². The summed E-state index contributed by atoms with van der Waals surface area (Å²) >= 11 is 1.53. The van der Waals surface area contributed by atoms with Crippen LogP contribution in [0.1, 0.15) is 23.6 Å². The molecule has 32 heavy (non-hydrogen) atoms. The summed E-state index contributed by atoms with van der Waals surface area (Å²) in [5, 5.41) is 5.58. The van der Waals surface area contributed by atoms with Gasteiger partial charge >= 0.3 is 0 Å². The number of thioether (sulfide) groups is 1. The molecule has 0 bridgehead atoms. The first-order valence-electron chi connectivity index (χ1n) is 10.7. The summed E-state index contributed by atoms with van der Waals surface area (Å²) in [7, 11) is 0. The van der Waals surface area contributed by atoms with Crippen LogP contribution in [0.5, 0.6) is 0 Å². The predicted octanol–water partition coefficient (Wildman–Crippen LogP) is 3.52. The lowest BCUT2D eigenvalue weighted by Gasteiger charge is -2.20. The van der Waals surface area contributed by atoms with Crippen molar-refractivity contribution in [2.75, 3.05) is 17.2 Å². The Hall–Kier alpha value is -3.39. The van der Waals surface area contributed by atoms with Crippen LogP contribution in [0.4, 0.5) is 5.69 Å². The van der Waals surface area contributed by atoms with Gasteiger partial charge in [0.15, 0.2) is 10.8 Å². The Morgan fingerprint density at radius 1 is 1.12 bits per heavy atom. The Balaban J connectivity index is 1.35. The lowest BCUT2D eigenvalue weighted by Crippen LogP contribution is -2.33. The molecule has 4 heterocycles. The summed E-state index contributed by atoms with van der Waals surface area (Å²) in [4.78, 5) is 33.2. The average Bonchev–Trinajstić information content (AvgIpc) is 3.51. The highest BCUT2D eigenvalue weighted by molar-refractivity contribution is 7.99. The summed E-state index contributed by atoms with van der Waals surface area (Å²) in [5.41, 5.74) is 4.58. The zero-order chi connectivity index (χ0) is 21.8. The summed E-state index contributed by atoms with van der Waals surface area (Å²) in [6, 6.07) is 15.7. The summed E-state index contributed by atoms with van der Waals surface area (Å²) in [6.07, 6.45) is 2.74. The zero-order valence-corrected chi connectivity index (χ0v) is 18.4. The molecule has 1 unspecified atom stereocenters. The molecule has 0 N–H and O–H groups in total. The highest BCUT2D eigenvalue weighted by atomic mass is 32.2. The second kappa shape index (κ2) is 7.34. The minimum absolute atomic E-state index is 0.0519. The fraction of sp³-hybridized carbons (Fsp3) is 0.250. The van der Waals surface area contributed by atoms with Crippen molar-refractivity contribution >= 4 is 34.4 Å². The maximum Gasteiger partial charge on any atom is 0.265 e. The molecule has 2 aromatic carbocycles. The largest absolute Gasteiger partial charge is 0.312 e. The van der Waals surface area contributed by atoms with E-state index >= 15 is 0 Å². The predicted molar refractivity (Wildman–Crippen MR) is 125 cm³/mol. The molecule has 1 amide bonds. The number of carbonyl (C=O) groups is 1. The molecule has 160 valence electrons. The van der Waals surface area contributed by atoms with Gasteiger partial charge < -0.3 is 4.90 Å². The van der Waals surface area contributed by atoms with Gasteiger partial charge in [-0.2, -0.15) is 5.10 Å². The molecule has 4 aromatic rings. The number of nitrogens with zero attached hydrogens (tertiary/aromatic N) is 5. The van der Waals surface area contributed by atoms with Gasteiger partial charge in [0, 0.05) is 24.4 Å². The molecule has 7 nitrogen and oxygen atoms in total. The number of fused-ring (bicyclic) bond motifs is 3. The van der Waals surface area contributed by atoms with Gasteiger partial charge in [-0.15, -0.1) is 0 Å². The average molecular weight is 444 g/mol. The summed E-state index contributed by atoms with van der Waals surface area (Å²) in [5.74, 6) is 0.712. The summed E-state index contributed by atoms with van der Waals surface area (Å²) < 4.78 is 3.42. The van der Waals surface area contributed by atoms with Crippen molar-refractivity contribution in [3.05, 3.63) is 76.2 Å². The van der Waals surface area contributed by atoms with Crippen LogP contribution in [-0.4, -0.2) is 37.5 Å². The van der Waals surface area contributed by atoms with Crippen LogP contribution in [0.25, 0.3) is 16.7 Å². The molecular weight excluding hydrogens is 422 g/mol. The van der Waals surface area contributed by atoms with Gasteiger partial charge in [0.2, 0.25) is 5.91 Å². The Labute approximate surface area is 188 Å². The zero-order valence-electron chi connectivity index (χ0n) is 17.6. The Morgan fingerprint density at radius 2 is 1.91 bits per heavy atom. The number of carbonyl (C=O) groups excluding carboxylic acids is 1. The number of anilines is 1. The van der Waals surface area contributed by atoms with Crippen LogP contribution < -0.4 is 10.5 Å². The van der Waals surface area contributed by atoms with E-state index in [1.54, 1.807) is 15.4 Å². The van der Waals surface area contributed by atoms with Crippen LogP contribution >= 0.6 is 11.8 Å². The van der Waals surface area contributed by atoms with Gasteiger partial charge in [-0.05, 0) is 36.6 Å². The number of benzene rings is 2. The van der Waals surface area contributed by atoms with Crippen LogP contribution in [-0.2, 0) is 11.2 Å². The molecule has 0 fully saturated rings. The molecule has 0 saturated heterocycles. The number of amides is 1. The van der Waals surface area contributed by atoms with Gasteiger partial charge in [0.05, 0.1) is 17.9 Å². The second-order valence-corrected chi connectivity index (χ2v) is 9.23. The van der Waals surface area contributed by atoms with Crippen molar-refractivity contribution in [1.82, 2.24) is 19.3 Å². The number of aryl methyl sites for hydroxylation is 1. The van der Waals surface area contributed by atoms with Crippen molar-refractivity contribution in [1.29, 1.82) is 0 Å². The fourth-order valence-corrected chi connectivity index (χ4v) is 5.80. The third-order valence-corrected chi connectivity index (χ3v) is 7.41. The van der Waals surface area contributed by atoms with Crippen molar-refractivity contribution < 1.29 is 4.79 Å². The molecule has 6 rings (SSSR count). The molecule has 0 aliphatic carbocycles. The van der Waals surface area contributed by atoms with Crippen LogP contribution in [0.15, 0.2) is 64.7 Å². The molecule has 0 spiro atoms. The van der Waals surface area contributed by atoms with Gasteiger partial charge in [0.25, 0.3) is 5.56 Å². The monoisotopic (exact) mass is 443 g/mol. The van der Waals surface area contributed by atoms with E-state index < -0.39 is 0 Å². The number of aromatic nitrogens is 4. The topological polar surface area (TPSA) is 73.0 Å². The standard InChI is InChI=1S/C24H21N5O2S/c1-15-6-2-4-8-19(15)29-22-18(13-25-29)23(31)28-17(14-32-24(28)26-22)12-21(30)27-11-10-16-7-3-5-9-20(16)27/h2-9,13,17H,10-12,14H2,1H3. The highest BCUT2D eigenvalue weighted by Gasteiger charge is 2.32. The second-order valence-electron chi connectivity index (χ2n) is 8.24. The van der Waals surface area contributed by atoms with Gasteiger partial charge in [-0.3, -0.25) is 14.2 Å². The SMILES string of the molecule is Cc1ccccc1-n1ncc2c(=O)n3c(nc21)SCC3CC(=O)N1CCc2ccccc21. The first-order chi connectivity index (χ1) is 15.6. The third-order valence-electron chi connectivity index (χ3n) is 6.31. The smallest absolute Gasteiger partial charge is 0.265 e. The maximum atomic E-state index is 13.4. The Kier molecular flexibility index (Phi) is 4.43. The van der Waals surface area contributed by atoms with Crippen molar-refractivity contribution in [3.8, 4) is 5.69 Å². The van der Waals surface area contributed by atoms with E-state index in [-0.39, 0.29) is 23.9 Å². The normalized spacial score (nSPS) is 17.0. The van der Waals surface area contributed by atoms with E-state index in [1.807, 2.05) is 54.3 Å². The first-order valence-corrected chi connectivity index (χ1v) is 11.7. The van der Waals surface area contributed by atoms with Gasteiger partial charge in [0.1, 0.15) is 5.39 Å². The lowest BCUT2D eigenvalue weighted by atomic mass is 10.1. The number of rotatable bonds is 3. The number of hydrogen-bond donors (Lipinski definition) is 0. The molecule has 1 atom stereocenters. The molecule has 2 aromatic heterocycles. The molecule has 2 aliphatic heterocycles. The Bertz CT molecular complexity index is 1440. The minimum Gasteiger partial charge on any atom is -0.312 e. The molecular formula is C24H21N5O2S. The van der Waals surface area contributed by atoms with Crippen LogP contribution in [0.2, 0.25) is 0 Å². The highest BCUT2D eigenvalue weighted by Crippen LogP contribution is 2.35. The van der Waals surface area contributed by atoms with Gasteiger partial charge in [-0.25, -0.2) is 9.67 Å². The number of para-hydroxylation sites is 2. The molecule has 8 heteroatoms. The van der Waals surface area contributed by atoms with Crippen LogP contribution in [0.3, 0.4) is 0 Å². The first kappa shape index (κ1) is 19.3. The molecule has 2 aliphatic rings. The lowest BCUT2D eigenvalue weighted by molar-refractivity contribution is -0.119. The molecule has 0 radical (unpaired) electrons. The van der Waals surface area contributed by atoms with Gasteiger partial charge in [-0.1, -0.05) is 48.2 Å².